The Hall–Kier alpha value is -2.32. The average Bonchev–Trinajstić information content (AvgIpc) is 2.62. The first kappa shape index (κ1) is 19.0. The van der Waals surface area contributed by atoms with E-state index in [0.29, 0.717) is 31.1 Å². The molecule has 1 aromatic carbocycles. The first-order chi connectivity index (χ1) is 12.1. The van der Waals surface area contributed by atoms with Crippen molar-refractivity contribution in [3.63, 3.8) is 0 Å². The molecule has 25 heavy (non-hydrogen) atoms. The Bertz CT molecular complexity index is 608. The van der Waals surface area contributed by atoms with Crippen LogP contribution in [0.15, 0.2) is 18.2 Å². The smallest absolute Gasteiger partial charge is 0.237 e. The second-order valence-electron chi connectivity index (χ2n) is 5.74. The van der Waals surface area contributed by atoms with Crippen molar-refractivity contribution in [1.82, 2.24) is 15.5 Å². The van der Waals surface area contributed by atoms with E-state index in [1.165, 1.54) is 0 Å². The van der Waals surface area contributed by atoms with Gasteiger partial charge >= 0.3 is 0 Å². The molecule has 138 valence electrons. The van der Waals surface area contributed by atoms with Gasteiger partial charge in [-0.15, -0.1) is 0 Å². The first-order valence-corrected chi connectivity index (χ1v) is 8.19. The molecule has 0 unspecified atom stereocenters. The summed E-state index contributed by atoms with van der Waals surface area (Å²) in [7, 11) is 3.15. The zero-order valence-electron chi connectivity index (χ0n) is 14.6. The van der Waals surface area contributed by atoms with Crippen molar-refractivity contribution >= 4 is 11.8 Å². The van der Waals surface area contributed by atoms with E-state index in [1.54, 1.807) is 14.2 Å². The molecule has 1 heterocycles. The maximum absolute atomic E-state index is 12.2. The number of nitrogens with one attached hydrogen (secondary N) is 2. The third-order valence-electron chi connectivity index (χ3n) is 4.09. The number of aliphatic hydroxyl groups is 1. The number of amides is 2. The summed E-state index contributed by atoms with van der Waals surface area (Å²) in [6.07, 6.45) is 0.0547. The second-order valence-corrected chi connectivity index (χ2v) is 5.74. The van der Waals surface area contributed by atoms with Gasteiger partial charge in [0.05, 0.1) is 33.3 Å². The van der Waals surface area contributed by atoms with Gasteiger partial charge in [0, 0.05) is 26.2 Å². The quantitative estimate of drug-likeness (QED) is 0.584. The lowest BCUT2D eigenvalue weighted by Gasteiger charge is -2.34. The molecule has 1 saturated heterocycles. The molecule has 0 spiro atoms. The molecule has 2 amide bonds. The van der Waals surface area contributed by atoms with E-state index in [-0.39, 0.29) is 31.4 Å². The van der Waals surface area contributed by atoms with Gasteiger partial charge in [0.2, 0.25) is 11.8 Å². The van der Waals surface area contributed by atoms with Crippen molar-refractivity contribution in [2.45, 2.75) is 19.0 Å². The largest absolute Gasteiger partial charge is 0.493 e. The van der Waals surface area contributed by atoms with E-state index < -0.39 is 6.04 Å². The van der Waals surface area contributed by atoms with E-state index in [4.69, 9.17) is 14.6 Å². The number of carbonyl (C=O) groups excluding carboxylic acids is 2. The van der Waals surface area contributed by atoms with Crippen LogP contribution in [0.4, 0.5) is 0 Å². The minimum Gasteiger partial charge on any atom is -0.493 e. The number of ether oxygens (including phenoxy) is 2. The molecule has 3 N–H and O–H groups in total. The van der Waals surface area contributed by atoms with Crippen LogP contribution in [0.25, 0.3) is 0 Å². The van der Waals surface area contributed by atoms with Crippen molar-refractivity contribution < 1.29 is 24.2 Å². The van der Waals surface area contributed by atoms with Crippen LogP contribution < -0.4 is 20.1 Å². The van der Waals surface area contributed by atoms with Gasteiger partial charge in [0.25, 0.3) is 0 Å². The zero-order chi connectivity index (χ0) is 18.2. The number of hydrogen-bond acceptors (Lipinski definition) is 6. The predicted molar refractivity (Wildman–Crippen MR) is 91.5 cm³/mol. The fourth-order valence-corrected chi connectivity index (χ4v) is 2.83. The Morgan fingerprint density at radius 2 is 2.12 bits per heavy atom. The van der Waals surface area contributed by atoms with E-state index in [2.05, 4.69) is 10.6 Å². The number of aliphatic hydroxyl groups excluding tert-OH is 1. The van der Waals surface area contributed by atoms with Crippen molar-refractivity contribution in [3.05, 3.63) is 23.8 Å². The summed E-state index contributed by atoms with van der Waals surface area (Å²) < 4.78 is 10.5. The van der Waals surface area contributed by atoms with Gasteiger partial charge < -0.3 is 25.2 Å². The molecule has 2 rings (SSSR count). The van der Waals surface area contributed by atoms with Crippen LogP contribution in [-0.2, 0) is 16.1 Å². The van der Waals surface area contributed by atoms with Crippen molar-refractivity contribution in [2.75, 3.05) is 40.5 Å². The Morgan fingerprint density at radius 1 is 1.36 bits per heavy atom. The van der Waals surface area contributed by atoms with E-state index >= 15 is 0 Å². The Balaban J connectivity index is 2.09. The highest BCUT2D eigenvalue weighted by Gasteiger charge is 2.31. The van der Waals surface area contributed by atoms with Crippen molar-refractivity contribution in [2.24, 2.45) is 0 Å². The van der Waals surface area contributed by atoms with Crippen LogP contribution in [0, 0.1) is 0 Å². The molecule has 0 saturated carbocycles. The van der Waals surface area contributed by atoms with Crippen LogP contribution in [0.5, 0.6) is 11.5 Å². The molecular formula is C17H25N3O5. The molecule has 1 aliphatic heterocycles. The van der Waals surface area contributed by atoms with Crippen LogP contribution >= 0.6 is 0 Å². The van der Waals surface area contributed by atoms with Gasteiger partial charge in [-0.25, -0.2) is 0 Å². The molecule has 0 bridgehead atoms. The van der Waals surface area contributed by atoms with Crippen LogP contribution in [0.3, 0.4) is 0 Å². The maximum Gasteiger partial charge on any atom is 0.237 e. The fourth-order valence-electron chi connectivity index (χ4n) is 2.83. The molecule has 0 aliphatic carbocycles. The Morgan fingerprint density at radius 3 is 2.80 bits per heavy atom. The van der Waals surface area contributed by atoms with Gasteiger partial charge in [-0.2, -0.15) is 0 Å². The molecule has 0 radical (unpaired) electrons. The summed E-state index contributed by atoms with van der Waals surface area (Å²) in [6, 6.07) is 5.06. The SMILES string of the molecule is COc1ccc(CN2CCNC(=O)[C@@H]2CC(=O)NCCO)cc1OC. The van der Waals surface area contributed by atoms with Crippen LogP contribution in [-0.4, -0.2) is 68.3 Å². The zero-order valence-corrected chi connectivity index (χ0v) is 14.6. The fraction of sp³-hybridized carbons (Fsp3) is 0.529. The summed E-state index contributed by atoms with van der Waals surface area (Å²) in [4.78, 5) is 26.1. The topological polar surface area (TPSA) is 100 Å². The number of benzene rings is 1. The minimum absolute atomic E-state index is 0.0547. The minimum atomic E-state index is -0.541. The molecule has 1 atom stereocenters. The maximum atomic E-state index is 12.2. The lowest BCUT2D eigenvalue weighted by Crippen LogP contribution is -2.56. The summed E-state index contributed by atoms with van der Waals surface area (Å²) in [5, 5.41) is 14.2. The van der Waals surface area contributed by atoms with Gasteiger partial charge in [0.1, 0.15) is 0 Å². The number of piperazine rings is 1. The molecule has 1 aromatic rings. The van der Waals surface area contributed by atoms with Gasteiger partial charge in [0.15, 0.2) is 11.5 Å². The number of rotatable bonds is 8. The number of hydrogen-bond donors (Lipinski definition) is 3. The summed E-state index contributed by atoms with van der Waals surface area (Å²) >= 11 is 0. The van der Waals surface area contributed by atoms with Gasteiger partial charge in [-0.3, -0.25) is 14.5 Å². The summed E-state index contributed by atoms with van der Waals surface area (Å²) in [6.45, 7) is 1.77. The molecular weight excluding hydrogens is 326 g/mol. The monoisotopic (exact) mass is 351 g/mol. The second kappa shape index (κ2) is 9.24. The van der Waals surface area contributed by atoms with Crippen LogP contribution in [0.1, 0.15) is 12.0 Å². The molecule has 0 aromatic heterocycles. The molecule has 1 aliphatic rings. The standard InChI is InChI=1S/C17H25N3O5/c1-24-14-4-3-12(9-15(14)25-2)11-20-7-5-19-17(23)13(20)10-16(22)18-6-8-21/h3-4,9,13,21H,5-8,10-11H2,1-2H3,(H,18,22)(H,19,23)/t13-/m0/s1. The van der Waals surface area contributed by atoms with Gasteiger partial charge in [-0.1, -0.05) is 6.07 Å². The highest BCUT2D eigenvalue weighted by atomic mass is 16.5. The van der Waals surface area contributed by atoms with E-state index in [9.17, 15) is 9.59 Å². The van der Waals surface area contributed by atoms with Crippen molar-refractivity contribution in [1.29, 1.82) is 0 Å². The van der Waals surface area contributed by atoms with E-state index in [1.807, 2.05) is 23.1 Å². The number of nitrogens with zero attached hydrogens (tertiary/aromatic N) is 1. The highest BCUT2D eigenvalue weighted by molar-refractivity contribution is 5.88. The lowest BCUT2D eigenvalue weighted by atomic mass is 10.1. The molecule has 8 nitrogen and oxygen atoms in total. The normalized spacial score (nSPS) is 17.7. The van der Waals surface area contributed by atoms with Gasteiger partial charge in [-0.05, 0) is 17.7 Å². The van der Waals surface area contributed by atoms with Crippen LogP contribution in [0.2, 0.25) is 0 Å². The Kier molecular flexibility index (Phi) is 7.03. The Labute approximate surface area is 147 Å². The highest BCUT2D eigenvalue weighted by Crippen LogP contribution is 2.28. The number of carbonyl (C=O) groups is 2. The van der Waals surface area contributed by atoms with E-state index in [0.717, 1.165) is 5.56 Å². The average molecular weight is 351 g/mol. The lowest BCUT2D eigenvalue weighted by molar-refractivity contribution is -0.134. The summed E-state index contributed by atoms with van der Waals surface area (Å²) in [5.41, 5.74) is 0.966. The molecule has 8 heteroatoms. The molecule has 1 fully saturated rings. The number of methoxy groups -OCH3 is 2. The summed E-state index contributed by atoms with van der Waals surface area (Å²) in [5.74, 6) is 0.848. The predicted octanol–water partition coefficient (Wildman–Crippen LogP) is -0.497. The third kappa shape index (κ3) is 5.07. The first-order valence-electron chi connectivity index (χ1n) is 8.19. The third-order valence-corrected chi connectivity index (χ3v) is 4.09. The van der Waals surface area contributed by atoms with Crippen molar-refractivity contribution in [3.8, 4) is 11.5 Å².